The van der Waals surface area contributed by atoms with Gasteiger partial charge in [0.05, 0.1) is 11.1 Å². The standard InChI is InChI=1S/C20H17Cl2FO5/c1-20(23)15(27-17(24)12-8-4-2-5-9-12)14(26-19(20)22)16(21)28-18(25)13-10-6-3-7-11-13/h2-11,14-16,19H,1H3/t14-,15-,16?,19?,20-/m1/s1. The molecule has 2 aromatic rings. The van der Waals surface area contributed by atoms with E-state index < -0.39 is 40.9 Å². The molecule has 28 heavy (non-hydrogen) atoms. The fourth-order valence-electron chi connectivity index (χ4n) is 2.74. The first-order valence-corrected chi connectivity index (χ1v) is 9.32. The number of benzene rings is 2. The highest BCUT2D eigenvalue weighted by Gasteiger charge is 2.59. The molecule has 0 spiro atoms. The second kappa shape index (κ2) is 8.47. The largest absolute Gasteiger partial charge is 0.452 e. The number of carbonyl (C=O) groups is 2. The van der Waals surface area contributed by atoms with Crippen molar-refractivity contribution >= 4 is 35.1 Å². The van der Waals surface area contributed by atoms with Crippen molar-refractivity contribution in [3.8, 4) is 0 Å². The maximum absolute atomic E-state index is 15.1. The average molecular weight is 427 g/mol. The molecular formula is C20H17Cl2FO5. The topological polar surface area (TPSA) is 61.8 Å². The van der Waals surface area contributed by atoms with E-state index >= 15 is 4.39 Å². The van der Waals surface area contributed by atoms with Crippen LogP contribution in [0.2, 0.25) is 0 Å². The van der Waals surface area contributed by atoms with Gasteiger partial charge in [-0.2, -0.15) is 0 Å². The number of hydrogen-bond donors (Lipinski definition) is 0. The van der Waals surface area contributed by atoms with E-state index in [1.54, 1.807) is 36.4 Å². The van der Waals surface area contributed by atoms with Crippen LogP contribution in [0.5, 0.6) is 0 Å². The number of carbonyl (C=O) groups excluding carboxylic acids is 2. The molecule has 1 aliphatic rings. The summed E-state index contributed by atoms with van der Waals surface area (Å²) >= 11 is 12.1. The first kappa shape index (κ1) is 20.6. The first-order chi connectivity index (χ1) is 13.3. The minimum Gasteiger partial charge on any atom is -0.452 e. The smallest absolute Gasteiger partial charge is 0.339 e. The molecule has 0 radical (unpaired) electrons. The molecule has 1 saturated heterocycles. The SMILES string of the molecule is C[C@]1(F)C(Cl)O[C@@H](C(Cl)OC(=O)c2ccccc2)[C@H]1OC(=O)c1ccccc1. The minimum absolute atomic E-state index is 0.225. The molecule has 8 heteroatoms. The lowest BCUT2D eigenvalue weighted by Gasteiger charge is -2.27. The summed E-state index contributed by atoms with van der Waals surface area (Å²) in [7, 11) is 0. The summed E-state index contributed by atoms with van der Waals surface area (Å²) < 4.78 is 30.9. The van der Waals surface area contributed by atoms with Gasteiger partial charge in [0.1, 0.15) is 0 Å². The summed E-state index contributed by atoms with van der Waals surface area (Å²) in [5.41, 5.74) is -4.64. The van der Waals surface area contributed by atoms with Crippen molar-refractivity contribution in [2.75, 3.05) is 0 Å². The van der Waals surface area contributed by atoms with E-state index in [0.29, 0.717) is 0 Å². The van der Waals surface area contributed by atoms with Crippen molar-refractivity contribution in [3.05, 3.63) is 71.8 Å². The third-order valence-corrected chi connectivity index (χ3v) is 5.17. The maximum atomic E-state index is 15.1. The predicted molar refractivity (Wildman–Crippen MR) is 101 cm³/mol. The molecule has 0 amide bonds. The van der Waals surface area contributed by atoms with Gasteiger partial charge in [-0.3, -0.25) is 0 Å². The minimum atomic E-state index is -2.25. The maximum Gasteiger partial charge on any atom is 0.339 e. The first-order valence-electron chi connectivity index (χ1n) is 8.45. The highest BCUT2D eigenvalue weighted by molar-refractivity contribution is 6.22. The lowest BCUT2D eigenvalue weighted by molar-refractivity contribution is -0.0524. The van der Waals surface area contributed by atoms with Crippen molar-refractivity contribution < 1.29 is 28.2 Å². The molecule has 3 rings (SSSR count). The second-order valence-corrected chi connectivity index (χ2v) is 7.21. The summed E-state index contributed by atoms with van der Waals surface area (Å²) in [5, 5.41) is 0. The van der Waals surface area contributed by atoms with Crippen LogP contribution in [0, 0.1) is 0 Å². The summed E-state index contributed by atoms with van der Waals surface area (Å²) in [6.45, 7) is 1.14. The number of alkyl halides is 3. The van der Waals surface area contributed by atoms with Crippen molar-refractivity contribution in [1.82, 2.24) is 0 Å². The van der Waals surface area contributed by atoms with Crippen LogP contribution < -0.4 is 0 Å². The molecule has 0 saturated carbocycles. The number of ether oxygens (including phenoxy) is 3. The Morgan fingerprint density at radius 3 is 2.07 bits per heavy atom. The monoisotopic (exact) mass is 426 g/mol. The van der Waals surface area contributed by atoms with E-state index in [-0.39, 0.29) is 11.1 Å². The van der Waals surface area contributed by atoms with Gasteiger partial charge in [-0.25, -0.2) is 14.0 Å². The molecule has 1 fully saturated rings. The van der Waals surface area contributed by atoms with E-state index in [1.165, 1.54) is 24.3 Å². The summed E-state index contributed by atoms with van der Waals surface area (Å²) in [6, 6.07) is 16.2. The Hall–Kier alpha value is -2.15. The Morgan fingerprint density at radius 1 is 1.04 bits per heavy atom. The van der Waals surface area contributed by atoms with Gasteiger partial charge in [0.15, 0.2) is 23.4 Å². The molecule has 5 atom stereocenters. The van der Waals surface area contributed by atoms with Gasteiger partial charge in [0, 0.05) is 0 Å². The third kappa shape index (κ3) is 4.29. The Kier molecular flexibility index (Phi) is 6.23. The van der Waals surface area contributed by atoms with E-state index in [0.717, 1.165) is 6.92 Å². The van der Waals surface area contributed by atoms with Gasteiger partial charge >= 0.3 is 11.9 Å². The van der Waals surface area contributed by atoms with Gasteiger partial charge in [0.25, 0.3) is 0 Å². The molecular weight excluding hydrogens is 410 g/mol. The van der Waals surface area contributed by atoms with Crippen LogP contribution in [0.4, 0.5) is 4.39 Å². The predicted octanol–water partition coefficient (Wildman–Crippen LogP) is 4.33. The fraction of sp³-hybridized carbons (Fsp3) is 0.300. The molecule has 0 aromatic heterocycles. The summed E-state index contributed by atoms with van der Waals surface area (Å²) in [4.78, 5) is 24.6. The van der Waals surface area contributed by atoms with Gasteiger partial charge in [-0.15, -0.1) is 0 Å². The van der Waals surface area contributed by atoms with E-state index in [2.05, 4.69) is 0 Å². The van der Waals surface area contributed by atoms with Crippen LogP contribution in [0.1, 0.15) is 27.6 Å². The number of rotatable bonds is 5. The summed E-state index contributed by atoms with van der Waals surface area (Å²) in [5.74, 6) is -1.50. The molecule has 2 unspecified atom stereocenters. The third-order valence-electron chi connectivity index (χ3n) is 4.31. The Morgan fingerprint density at radius 2 is 1.54 bits per heavy atom. The molecule has 2 aromatic carbocycles. The van der Waals surface area contributed by atoms with Gasteiger partial charge < -0.3 is 14.2 Å². The zero-order valence-corrected chi connectivity index (χ0v) is 16.3. The van der Waals surface area contributed by atoms with Gasteiger partial charge in [0.2, 0.25) is 5.56 Å². The highest BCUT2D eigenvalue weighted by atomic mass is 35.5. The van der Waals surface area contributed by atoms with Crippen molar-refractivity contribution in [1.29, 1.82) is 0 Å². The summed E-state index contributed by atoms with van der Waals surface area (Å²) in [6.07, 6.45) is -2.77. The van der Waals surface area contributed by atoms with Crippen molar-refractivity contribution in [3.63, 3.8) is 0 Å². The van der Waals surface area contributed by atoms with Crippen molar-refractivity contribution in [2.24, 2.45) is 0 Å². The molecule has 5 nitrogen and oxygen atoms in total. The van der Waals surface area contributed by atoms with Crippen molar-refractivity contribution in [2.45, 2.75) is 35.9 Å². The molecule has 0 N–H and O–H groups in total. The van der Waals surface area contributed by atoms with Crippen LogP contribution in [0.3, 0.4) is 0 Å². The van der Waals surface area contributed by atoms with Gasteiger partial charge in [-0.05, 0) is 31.2 Å². The van der Waals surface area contributed by atoms with Crippen LogP contribution in [-0.4, -0.2) is 40.9 Å². The number of halogens is 3. The molecule has 1 aliphatic heterocycles. The van der Waals surface area contributed by atoms with Crippen LogP contribution >= 0.6 is 23.2 Å². The average Bonchev–Trinajstić information content (AvgIpc) is 2.92. The normalized spacial score (nSPS) is 27.8. The second-order valence-electron chi connectivity index (χ2n) is 6.38. The zero-order chi connectivity index (χ0) is 20.3. The zero-order valence-electron chi connectivity index (χ0n) is 14.8. The molecule has 148 valence electrons. The van der Waals surface area contributed by atoms with E-state index in [9.17, 15) is 9.59 Å². The number of hydrogen-bond acceptors (Lipinski definition) is 5. The van der Waals surface area contributed by atoms with Crippen LogP contribution in [0.25, 0.3) is 0 Å². The highest BCUT2D eigenvalue weighted by Crippen LogP contribution is 2.41. The van der Waals surface area contributed by atoms with E-state index in [1.807, 2.05) is 0 Å². The molecule has 0 bridgehead atoms. The number of esters is 2. The lowest BCUT2D eigenvalue weighted by Crippen LogP contribution is -2.46. The van der Waals surface area contributed by atoms with Crippen LogP contribution in [0.15, 0.2) is 60.7 Å². The van der Waals surface area contributed by atoms with E-state index in [4.69, 9.17) is 37.4 Å². The Balaban J connectivity index is 1.76. The van der Waals surface area contributed by atoms with Gasteiger partial charge in [-0.1, -0.05) is 59.6 Å². The fourth-order valence-corrected chi connectivity index (χ4v) is 3.26. The lowest BCUT2D eigenvalue weighted by atomic mass is 10.0. The molecule has 1 heterocycles. The quantitative estimate of drug-likeness (QED) is 0.525. The Labute approximate surface area is 171 Å². The molecule has 0 aliphatic carbocycles. The van der Waals surface area contributed by atoms with Crippen LogP contribution in [-0.2, 0) is 14.2 Å². The Bertz CT molecular complexity index is 831.